The third-order valence-corrected chi connectivity index (χ3v) is 6.33. The monoisotopic (exact) mass is 416 g/mol. The van der Waals surface area contributed by atoms with Gasteiger partial charge in [0, 0.05) is 12.1 Å². The minimum Gasteiger partial charge on any atom is -0.497 e. The molecule has 0 fully saturated rings. The van der Waals surface area contributed by atoms with Crippen molar-refractivity contribution in [2.24, 2.45) is 0 Å². The number of aryl methyl sites for hydroxylation is 1. The van der Waals surface area contributed by atoms with Gasteiger partial charge < -0.3 is 10.1 Å². The molecule has 26 heavy (non-hydrogen) atoms. The second-order valence-corrected chi connectivity index (χ2v) is 7.94. The summed E-state index contributed by atoms with van der Waals surface area (Å²) in [4.78, 5) is 12.0. The van der Waals surface area contributed by atoms with E-state index in [1.54, 1.807) is 26.0 Å². The first kappa shape index (κ1) is 20.4. The third kappa shape index (κ3) is 3.90. The number of nitrogens with one attached hydrogen (secondary N) is 2. The van der Waals surface area contributed by atoms with E-state index in [-0.39, 0.29) is 26.2 Å². The number of anilines is 1. The van der Waals surface area contributed by atoms with Gasteiger partial charge >= 0.3 is 0 Å². The van der Waals surface area contributed by atoms with Crippen molar-refractivity contribution in [2.75, 3.05) is 18.9 Å². The standard InChI is InChI=1S/C17H18Cl2N2O4S/c1-9-7-13(18)10(2)16(15(9)19)26(23,24)21-14-6-5-11(25-4)8-12(14)17(22)20-3/h5-8,21H,1-4H3,(H,20,22). The molecule has 0 aliphatic heterocycles. The summed E-state index contributed by atoms with van der Waals surface area (Å²) in [5.74, 6) is -0.0499. The predicted octanol–water partition coefficient (Wildman–Crippen LogP) is 3.78. The smallest absolute Gasteiger partial charge is 0.263 e. The lowest BCUT2D eigenvalue weighted by Gasteiger charge is -2.17. The number of ether oxygens (including phenoxy) is 1. The first-order valence-electron chi connectivity index (χ1n) is 7.50. The first-order chi connectivity index (χ1) is 12.1. The molecule has 1 amide bonds. The van der Waals surface area contributed by atoms with E-state index in [4.69, 9.17) is 27.9 Å². The SMILES string of the molecule is CNC(=O)c1cc(OC)ccc1NS(=O)(=O)c1c(C)c(Cl)cc(C)c1Cl. The number of rotatable bonds is 5. The highest BCUT2D eigenvalue weighted by atomic mass is 35.5. The van der Waals surface area contributed by atoms with E-state index in [0.717, 1.165) is 0 Å². The van der Waals surface area contributed by atoms with E-state index in [0.29, 0.717) is 16.9 Å². The van der Waals surface area contributed by atoms with Crippen molar-refractivity contribution >= 4 is 44.8 Å². The Balaban J connectivity index is 2.60. The van der Waals surface area contributed by atoms with Crippen LogP contribution in [0, 0.1) is 13.8 Å². The fraction of sp³-hybridized carbons (Fsp3) is 0.235. The van der Waals surface area contributed by atoms with Crippen molar-refractivity contribution in [3.05, 3.63) is 51.0 Å². The van der Waals surface area contributed by atoms with E-state index in [1.807, 2.05) is 0 Å². The molecule has 0 bridgehead atoms. The van der Waals surface area contributed by atoms with Crippen LogP contribution in [0.4, 0.5) is 5.69 Å². The summed E-state index contributed by atoms with van der Waals surface area (Å²) >= 11 is 12.3. The van der Waals surface area contributed by atoms with Crippen molar-refractivity contribution in [2.45, 2.75) is 18.7 Å². The number of benzene rings is 2. The molecule has 0 aliphatic carbocycles. The summed E-state index contributed by atoms with van der Waals surface area (Å²) in [6, 6.07) is 6.03. The molecule has 2 aromatic rings. The van der Waals surface area contributed by atoms with Gasteiger partial charge in [-0.2, -0.15) is 0 Å². The van der Waals surface area contributed by atoms with Crippen molar-refractivity contribution in [1.82, 2.24) is 5.32 Å². The quantitative estimate of drug-likeness (QED) is 0.776. The maximum Gasteiger partial charge on any atom is 0.263 e. The second-order valence-electron chi connectivity index (χ2n) is 5.54. The average Bonchev–Trinajstić information content (AvgIpc) is 2.59. The number of amides is 1. The van der Waals surface area contributed by atoms with E-state index in [9.17, 15) is 13.2 Å². The molecule has 2 rings (SSSR count). The van der Waals surface area contributed by atoms with Gasteiger partial charge in [-0.25, -0.2) is 8.42 Å². The molecular weight excluding hydrogens is 399 g/mol. The summed E-state index contributed by atoms with van der Waals surface area (Å²) in [5.41, 5.74) is 1.06. The molecule has 0 saturated heterocycles. The molecule has 0 aliphatic rings. The molecule has 0 spiro atoms. The summed E-state index contributed by atoms with van der Waals surface area (Å²) < 4.78 is 33.4. The Labute approximate surface area is 162 Å². The number of carbonyl (C=O) groups excluding carboxylic acids is 1. The minimum absolute atomic E-state index is 0.0782. The number of hydrogen-bond donors (Lipinski definition) is 2. The highest BCUT2D eigenvalue weighted by Crippen LogP contribution is 2.35. The molecule has 0 saturated carbocycles. The van der Waals surface area contributed by atoms with Crippen molar-refractivity contribution < 1.29 is 17.9 Å². The van der Waals surface area contributed by atoms with Gasteiger partial charge in [-0.05, 0) is 49.2 Å². The summed E-state index contributed by atoms with van der Waals surface area (Å²) in [6.45, 7) is 3.23. The van der Waals surface area contributed by atoms with Crippen LogP contribution in [-0.4, -0.2) is 28.5 Å². The van der Waals surface area contributed by atoms with Crippen molar-refractivity contribution in [1.29, 1.82) is 0 Å². The van der Waals surface area contributed by atoms with Crippen LogP contribution < -0.4 is 14.8 Å². The van der Waals surface area contributed by atoms with Gasteiger partial charge in [0.1, 0.15) is 10.6 Å². The van der Waals surface area contributed by atoms with Crippen molar-refractivity contribution in [3.8, 4) is 5.75 Å². The predicted molar refractivity (Wildman–Crippen MR) is 103 cm³/mol. The Bertz CT molecular complexity index is 949. The Morgan fingerprint density at radius 2 is 1.81 bits per heavy atom. The van der Waals surface area contributed by atoms with E-state index in [2.05, 4.69) is 10.0 Å². The minimum atomic E-state index is -4.09. The van der Waals surface area contributed by atoms with Gasteiger partial charge in [-0.15, -0.1) is 0 Å². The largest absolute Gasteiger partial charge is 0.497 e. The molecular formula is C17H18Cl2N2O4S. The van der Waals surface area contributed by atoms with Gasteiger partial charge in [0.05, 0.1) is 23.4 Å². The maximum absolute atomic E-state index is 12.9. The molecule has 0 heterocycles. The number of halogens is 2. The van der Waals surface area contributed by atoms with Crippen LogP contribution in [0.1, 0.15) is 21.5 Å². The number of hydrogen-bond acceptors (Lipinski definition) is 4. The summed E-state index contributed by atoms with van der Waals surface area (Å²) in [6.07, 6.45) is 0. The molecule has 9 heteroatoms. The van der Waals surface area contributed by atoms with Crippen LogP contribution in [0.25, 0.3) is 0 Å². The van der Waals surface area contributed by atoms with Gasteiger partial charge in [0.25, 0.3) is 15.9 Å². The molecule has 2 aromatic carbocycles. The lowest BCUT2D eigenvalue weighted by atomic mass is 10.1. The highest BCUT2D eigenvalue weighted by molar-refractivity contribution is 7.93. The van der Waals surface area contributed by atoms with Crippen LogP contribution in [-0.2, 0) is 10.0 Å². The Kier molecular flexibility index (Phi) is 6.05. The fourth-order valence-corrected chi connectivity index (χ4v) is 4.69. The Morgan fingerprint density at radius 3 is 2.38 bits per heavy atom. The van der Waals surface area contributed by atoms with Crippen LogP contribution in [0.2, 0.25) is 10.0 Å². The number of methoxy groups -OCH3 is 1. The van der Waals surface area contributed by atoms with Crippen molar-refractivity contribution in [3.63, 3.8) is 0 Å². The molecule has 0 radical (unpaired) electrons. The lowest BCUT2D eigenvalue weighted by Crippen LogP contribution is -2.22. The average molecular weight is 417 g/mol. The zero-order valence-corrected chi connectivity index (χ0v) is 16.9. The normalized spacial score (nSPS) is 11.2. The molecule has 140 valence electrons. The zero-order valence-electron chi connectivity index (χ0n) is 14.6. The fourth-order valence-electron chi connectivity index (χ4n) is 2.39. The van der Waals surface area contributed by atoms with E-state index in [1.165, 1.54) is 26.3 Å². The van der Waals surface area contributed by atoms with Gasteiger partial charge in [-0.3, -0.25) is 9.52 Å². The summed E-state index contributed by atoms with van der Waals surface area (Å²) in [5, 5.41) is 2.83. The molecule has 2 N–H and O–H groups in total. The van der Waals surface area contributed by atoms with Gasteiger partial charge in [0.2, 0.25) is 0 Å². The van der Waals surface area contributed by atoms with E-state index < -0.39 is 15.9 Å². The highest BCUT2D eigenvalue weighted by Gasteiger charge is 2.26. The Morgan fingerprint density at radius 1 is 1.15 bits per heavy atom. The third-order valence-electron chi connectivity index (χ3n) is 3.80. The van der Waals surface area contributed by atoms with E-state index >= 15 is 0 Å². The van der Waals surface area contributed by atoms with Crippen LogP contribution in [0.5, 0.6) is 5.75 Å². The van der Waals surface area contributed by atoms with Crippen LogP contribution in [0.3, 0.4) is 0 Å². The molecule has 6 nitrogen and oxygen atoms in total. The number of carbonyl (C=O) groups is 1. The van der Waals surface area contributed by atoms with Crippen LogP contribution in [0.15, 0.2) is 29.2 Å². The Hall–Kier alpha value is -1.96. The molecule has 0 unspecified atom stereocenters. The maximum atomic E-state index is 12.9. The topological polar surface area (TPSA) is 84.5 Å². The first-order valence-corrected chi connectivity index (χ1v) is 9.74. The van der Waals surface area contributed by atoms with Gasteiger partial charge in [-0.1, -0.05) is 23.2 Å². The van der Waals surface area contributed by atoms with Gasteiger partial charge in [0.15, 0.2) is 0 Å². The second kappa shape index (κ2) is 7.73. The lowest BCUT2D eigenvalue weighted by molar-refractivity contribution is 0.0963. The van der Waals surface area contributed by atoms with Crippen LogP contribution >= 0.6 is 23.2 Å². The zero-order chi connectivity index (χ0) is 19.6. The molecule has 0 aromatic heterocycles. The molecule has 0 atom stereocenters. The summed E-state index contributed by atoms with van der Waals surface area (Å²) in [7, 11) is -1.20. The number of sulfonamides is 1.